The van der Waals surface area contributed by atoms with Crippen molar-refractivity contribution in [3.8, 4) is 5.75 Å². The average molecular weight is 270 g/mol. The second-order valence-corrected chi connectivity index (χ2v) is 6.94. The van der Waals surface area contributed by atoms with Gasteiger partial charge in [0, 0.05) is 12.2 Å². The van der Waals surface area contributed by atoms with Gasteiger partial charge >= 0.3 is 0 Å². The first kappa shape index (κ1) is 13.1. The van der Waals surface area contributed by atoms with E-state index in [2.05, 4.69) is 10.3 Å². The Balaban J connectivity index is 2.08. The largest absolute Gasteiger partial charge is 0.493 e. The van der Waals surface area contributed by atoms with Gasteiger partial charge in [0.15, 0.2) is 15.6 Å². The van der Waals surface area contributed by atoms with Gasteiger partial charge in [0.25, 0.3) is 0 Å². The van der Waals surface area contributed by atoms with Crippen LogP contribution in [0.25, 0.3) is 0 Å². The van der Waals surface area contributed by atoms with Gasteiger partial charge in [0.2, 0.25) is 0 Å². The quantitative estimate of drug-likeness (QED) is 0.895. The maximum atomic E-state index is 11.7. The maximum Gasteiger partial charge on any atom is 0.160 e. The first-order chi connectivity index (χ1) is 8.53. The zero-order chi connectivity index (χ0) is 13.2. The van der Waals surface area contributed by atoms with Crippen molar-refractivity contribution in [2.75, 3.05) is 24.7 Å². The van der Waals surface area contributed by atoms with Gasteiger partial charge in [-0.25, -0.2) is 8.42 Å². The summed E-state index contributed by atoms with van der Waals surface area (Å²) in [5, 5.41) is 2.88. The molecule has 6 heteroatoms. The van der Waals surface area contributed by atoms with E-state index < -0.39 is 9.84 Å². The monoisotopic (exact) mass is 270 g/mol. The van der Waals surface area contributed by atoms with Crippen molar-refractivity contribution in [3.05, 3.63) is 18.0 Å². The van der Waals surface area contributed by atoms with E-state index in [1.54, 1.807) is 13.3 Å². The zero-order valence-electron chi connectivity index (χ0n) is 10.6. The minimum absolute atomic E-state index is 0.282. The van der Waals surface area contributed by atoms with Crippen LogP contribution in [-0.4, -0.2) is 38.1 Å². The molecule has 0 radical (unpaired) electrons. The van der Waals surface area contributed by atoms with Crippen molar-refractivity contribution < 1.29 is 13.2 Å². The Hall–Kier alpha value is -1.30. The summed E-state index contributed by atoms with van der Waals surface area (Å²) >= 11 is 0. The lowest BCUT2D eigenvalue weighted by Gasteiger charge is -2.14. The third-order valence-corrected chi connectivity index (χ3v) is 5.48. The minimum Gasteiger partial charge on any atom is -0.493 e. The predicted octanol–water partition coefficient (Wildman–Crippen LogP) is 1.39. The summed E-state index contributed by atoms with van der Waals surface area (Å²) in [6.07, 6.45) is 3.14. The van der Waals surface area contributed by atoms with Crippen molar-refractivity contribution in [3.63, 3.8) is 0 Å². The molecule has 0 amide bonds. The van der Waals surface area contributed by atoms with Crippen LogP contribution in [0.1, 0.15) is 18.5 Å². The number of methoxy groups -OCH3 is 1. The normalized spacial score (nSPS) is 21.8. The number of hydrogen-bond donors (Lipinski definition) is 1. The minimum atomic E-state index is -2.91. The van der Waals surface area contributed by atoms with Gasteiger partial charge < -0.3 is 10.1 Å². The number of aromatic nitrogens is 1. The summed E-state index contributed by atoms with van der Waals surface area (Å²) in [6, 6.07) is 1.86. The lowest BCUT2D eigenvalue weighted by atomic mass is 10.2. The maximum absolute atomic E-state index is 11.7. The van der Waals surface area contributed by atoms with Gasteiger partial charge in [-0.2, -0.15) is 0 Å². The number of rotatable bonds is 4. The fourth-order valence-electron chi connectivity index (χ4n) is 2.16. The summed E-state index contributed by atoms with van der Waals surface area (Å²) in [6.45, 7) is 2.32. The van der Waals surface area contributed by atoms with Crippen molar-refractivity contribution in [1.82, 2.24) is 4.98 Å². The molecule has 0 spiro atoms. The molecule has 1 aromatic heterocycles. The summed E-state index contributed by atoms with van der Waals surface area (Å²) in [5.41, 5.74) is 1.67. The highest BCUT2D eigenvalue weighted by Gasteiger charge is 2.30. The number of sulfone groups is 1. The smallest absolute Gasteiger partial charge is 0.160 e. The molecule has 0 aliphatic carbocycles. The van der Waals surface area contributed by atoms with E-state index in [1.165, 1.54) is 0 Å². The Labute approximate surface area is 107 Å². The molecule has 2 heterocycles. The molecule has 18 heavy (non-hydrogen) atoms. The molecule has 0 saturated carbocycles. The van der Waals surface area contributed by atoms with Gasteiger partial charge in [-0.3, -0.25) is 4.98 Å². The molecule has 1 aliphatic rings. The van der Waals surface area contributed by atoms with Crippen LogP contribution in [0.15, 0.2) is 12.3 Å². The molecule has 100 valence electrons. The van der Waals surface area contributed by atoms with Crippen molar-refractivity contribution in [1.29, 1.82) is 0 Å². The lowest BCUT2D eigenvalue weighted by Crippen LogP contribution is -2.25. The first-order valence-corrected chi connectivity index (χ1v) is 7.70. The van der Waals surface area contributed by atoms with Crippen molar-refractivity contribution in [2.45, 2.75) is 25.0 Å². The summed E-state index contributed by atoms with van der Waals surface area (Å²) in [7, 11) is -1.33. The van der Waals surface area contributed by atoms with E-state index in [0.29, 0.717) is 18.0 Å². The highest BCUT2D eigenvalue weighted by molar-refractivity contribution is 7.92. The van der Waals surface area contributed by atoms with E-state index in [1.807, 2.05) is 13.0 Å². The Bertz CT molecular complexity index is 528. The molecular weight excluding hydrogens is 252 g/mol. The van der Waals surface area contributed by atoms with Gasteiger partial charge in [0.05, 0.1) is 30.0 Å². The lowest BCUT2D eigenvalue weighted by molar-refractivity contribution is 0.414. The average Bonchev–Trinajstić information content (AvgIpc) is 2.66. The van der Waals surface area contributed by atoms with E-state index in [-0.39, 0.29) is 5.25 Å². The van der Waals surface area contributed by atoms with Crippen LogP contribution in [0, 0.1) is 6.92 Å². The van der Waals surface area contributed by atoms with Crippen LogP contribution in [0.3, 0.4) is 0 Å². The number of hydrogen-bond acceptors (Lipinski definition) is 5. The molecule has 1 N–H and O–H groups in total. The predicted molar refractivity (Wildman–Crippen MR) is 70.8 cm³/mol. The second-order valence-electron chi connectivity index (χ2n) is 4.54. The van der Waals surface area contributed by atoms with Crippen LogP contribution in [0.5, 0.6) is 5.75 Å². The third-order valence-electron chi connectivity index (χ3n) is 3.21. The van der Waals surface area contributed by atoms with Crippen molar-refractivity contribution >= 4 is 15.5 Å². The molecule has 1 saturated heterocycles. The molecule has 1 aliphatic heterocycles. The third kappa shape index (κ3) is 2.75. The molecule has 1 unspecified atom stereocenters. The van der Waals surface area contributed by atoms with Crippen LogP contribution in [0.2, 0.25) is 0 Å². The highest BCUT2D eigenvalue weighted by Crippen LogP contribution is 2.25. The Morgan fingerprint density at radius 2 is 2.33 bits per heavy atom. The van der Waals surface area contributed by atoms with Crippen LogP contribution < -0.4 is 10.1 Å². The van der Waals surface area contributed by atoms with Crippen molar-refractivity contribution in [2.24, 2.45) is 0 Å². The highest BCUT2D eigenvalue weighted by atomic mass is 32.2. The number of anilines is 1. The van der Waals surface area contributed by atoms with E-state index in [0.717, 1.165) is 24.2 Å². The van der Waals surface area contributed by atoms with Gasteiger partial charge in [-0.15, -0.1) is 0 Å². The van der Waals surface area contributed by atoms with Crippen LogP contribution >= 0.6 is 0 Å². The molecule has 2 rings (SSSR count). The molecule has 0 aromatic carbocycles. The Morgan fingerprint density at radius 1 is 1.56 bits per heavy atom. The van der Waals surface area contributed by atoms with Gasteiger partial charge in [-0.05, 0) is 25.8 Å². The Kier molecular flexibility index (Phi) is 3.75. The van der Waals surface area contributed by atoms with E-state index in [9.17, 15) is 8.42 Å². The van der Waals surface area contributed by atoms with E-state index in [4.69, 9.17) is 4.74 Å². The standard InChI is InChI=1S/C12H18N2O3S/c1-9-6-11(12(17-2)8-13-9)14-7-10-4-3-5-18(10,15)16/h6,8,10H,3-5,7H2,1-2H3,(H,13,14). The van der Waals surface area contributed by atoms with Gasteiger partial charge in [0.1, 0.15) is 0 Å². The summed E-state index contributed by atoms with van der Waals surface area (Å²) in [4.78, 5) is 4.14. The van der Waals surface area contributed by atoms with E-state index >= 15 is 0 Å². The fourth-order valence-corrected chi connectivity index (χ4v) is 3.92. The number of ether oxygens (including phenoxy) is 1. The number of aryl methyl sites for hydroxylation is 1. The van der Waals surface area contributed by atoms with Crippen LogP contribution in [0.4, 0.5) is 5.69 Å². The number of nitrogens with zero attached hydrogens (tertiary/aromatic N) is 1. The van der Waals surface area contributed by atoms with Crippen LogP contribution in [-0.2, 0) is 9.84 Å². The SMILES string of the molecule is COc1cnc(C)cc1NCC1CCCS1(=O)=O. The fraction of sp³-hybridized carbons (Fsp3) is 0.583. The molecule has 1 fully saturated rings. The number of nitrogens with one attached hydrogen (secondary N) is 1. The summed E-state index contributed by atoms with van der Waals surface area (Å²) in [5.74, 6) is 0.947. The molecular formula is C12H18N2O3S. The van der Waals surface area contributed by atoms with Gasteiger partial charge in [-0.1, -0.05) is 0 Å². The number of pyridine rings is 1. The molecule has 0 bridgehead atoms. The first-order valence-electron chi connectivity index (χ1n) is 5.99. The molecule has 1 atom stereocenters. The summed E-state index contributed by atoms with van der Waals surface area (Å²) < 4.78 is 28.6. The Morgan fingerprint density at radius 3 is 2.94 bits per heavy atom. The topological polar surface area (TPSA) is 68.3 Å². The molecule has 1 aromatic rings. The molecule has 5 nitrogen and oxygen atoms in total. The second kappa shape index (κ2) is 5.14. The zero-order valence-corrected chi connectivity index (χ0v) is 11.5.